The number of nitrogens with zero attached hydrogens (tertiary/aromatic N) is 2. The summed E-state index contributed by atoms with van der Waals surface area (Å²) in [6, 6.07) is 12.1. The van der Waals surface area contributed by atoms with Crippen LogP contribution in [0.1, 0.15) is 17.2 Å². The van der Waals surface area contributed by atoms with Gasteiger partial charge in [-0.15, -0.1) is 0 Å². The Morgan fingerprint density at radius 2 is 1.97 bits per heavy atom. The molecule has 0 saturated carbocycles. The second-order valence-electron chi connectivity index (χ2n) is 7.65. The molecular weight excluding hydrogens is 384 g/mol. The second kappa shape index (κ2) is 11.2. The number of carbonyl (C=O) groups excluding carboxylic acids is 1. The van der Waals surface area contributed by atoms with Crippen LogP contribution >= 0.6 is 0 Å². The molecule has 0 aliphatic carbocycles. The summed E-state index contributed by atoms with van der Waals surface area (Å²) in [6.45, 7) is 4.26. The van der Waals surface area contributed by atoms with Gasteiger partial charge in [0.1, 0.15) is 18.1 Å². The Hall–Kier alpha value is -2.35. The standard InChI is InChI=1S/C23H32N2O5/c1-27-12-10-25(23(26)17-28-2)14-18-13-24(15-19-7-6-11-30-19)16-21(18)20-8-4-5-9-22(20)29-3/h4-9,11,18,21H,10,12-17H2,1-3H3/t18-,21-/m1/s1. The number of amides is 1. The number of carbonyl (C=O) groups is 1. The Kier molecular flexibility index (Phi) is 8.30. The minimum Gasteiger partial charge on any atom is -0.496 e. The van der Waals surface area contributed by atoms with Crippen LogP contribution in [-0.4, -0.2) is 76.4 Å². The molecule has 164 valence electrons. The number of rotatable bonds is 11. The maximum atomic E-state index is 12.6. The van der Waals surface area contributed by atoms with Crippen LogP contribution in [-0.2, 0) is 20.8 Å². The minimum atomic E-state index is -0.0159. The van der Waals surface area contributed by atoms with Gasteiger partial charge in [0.15, 0.2) is 0 Å². The number of hydrogen-bond acceptors (Lipinski definition) is 6. The molecule has 2 aromatic rings. The van der Waals surface area contributed by atoms with Gasteiger partial charge in [-0.05, 0) is 29.7 Å². The van der Waals surface area contributed by atoms with Crippen molar-refractivity contribution < 1.29 is 23.4 Å². The number of para-hydroxylation sites is 1. The summed E-state index contributed by atoms with van der Waals surface area (Å²) in [6.07, 6.45) is 1.70. The van der Waals surface area contributed by atoms with E-state index in [4.69, 9.17) is 18.6 Å². The third-order valence-electron chi connectivity index (χ3n) is 5.66. The largest absolute Gasteiger partial charge is 0.496 e. The van der Waals surface area contributed by atoms with Crippen molar-refractivity contribution in [1.29, 1.82) is 0 Å². The van der Waals surface area contributed by atoms with Gasteiger partial charge in [0.05, 0.1) is 26.5 Å². The molecule has 7 heteroatoms. The van der Waals surface area contributed by atoms with E-state index in [1.54, 1.807) is 27.6 Å². The zero-order chi connectivity index (χ0) is 21.3. The van der Waals surface area contributed by atoms with E-state index < -0.39 is 0 Å². The first-order valence-corrected chi connectivity index (χ1v) is 10.3. The van der Waals surface area contributed by atoms with Crippen LogP contribution in [0.25, 0.3) is 0 Å². The number of likely N-dealkylation sites (tertiary alicyclic amines) is 1. The lowest BCUT2D eigenvalue weighted by atomic mass is 9.88. The Morgan fingerprint density at radius 1 is 1.13 bits per heavy atom. The molecule has 2 heterocycles. The van der Waals surface area contributed by atoms with Crippen molar-refractivity contribution >= 4 is 5.91 Å². The van der Waals surface area contributed by atoms with Gasteiger partial charge in [-0.1, -0.05) is 18.2 Å². The van der Waals surface area contributed by atoms with E-state index in [0.29, 0.717) is 19.7 Å². The Bertz CT molecular complexity index is 780. The highest BCUT2D eigenvalue weighted by Gasteiger charge is 2.37. The van der Waals surface area contributed by atoms with E-state index in [2.05, 4.69) is 11.0 Å². The first-order valence-electron chi connectivity index (χ1n) is 10.3. The van der Waals surface area contributed by atoms with Gasteiger partial charge in [0.2, 0.25) is 5.91 Å². The van der Waals surface area contributed by atoms with Gasteiger partial charge in [0.25, 0.3) is 0 Å². The average Bonchev–Trinajstić information content (AvgIpc) is 3.41. The predicted molar refractivity (Wildman–Crippen MR) is 114 cm³/mol. The molecule has 0 spiro atoms. The van der Waals surface area contributed by atoms with Crippen LogP contribution < -0.4 is 4.74 Å². The van der Waals surface area contributed by atoms with Gasteiger partial charge in [0, 0.05) is 46.3 Å². The first-order chi connectivity index (χ1) is 14.7. The molecule has 1 saturated heterocycles. The van der Waals surface area contributed by atoms with Crippen LogP contribution in [0.3, 0.4) is 0 Å². The molecule has 1 amide bonds. The monoisotopic (exact) mass is 416 g/mol. The normalized spacial score (nSPS) is 19.2. The fraction of sp³-hybridized carbons (Fsp3) is 0.522. The van der Waals surface area contributed by atoms with Crippen molar-refractivity contribution in [2.75, 3.05) is 60.7 Å². The lowest BCUT2D eigenvalue weighted by Crippen LogP contribution is -2.41. The van der Waals surface area contributed by atoms with Gasteiger partial charge in [-0.3, -0.25) is 9.69 Å². The highest BCUT2D eigenvalue weighted by molar-refractivity contribution is 5.77. The zero-order valence-corrected chi connectivity index (χ0v) is 18.1. The highest BCUT2D eigenvalue weighted by Crippen LogP contribution is 2.38. The Morgan fingerprint density at radius 3 is 2.67 bits per heavy atom. The minimum absolute atomic E-state index is 0.0159. The smallest absolute Gasteiger partial charge is 0.248 e. The van der Waals surface area contributed by atoms with Crippen molar-refractivity contribution in [3.63, 3.8) is 0 Å². The zero-order valence-electron chi connectivity index (χ0n) is 18.1. The Labute approximate surface area is 178 Å². The molecule has 1 fully saturated rings. The van der Waals surface area contributed by atoms with Crippen molar-refractivity contribution in [1.82, 2.24) is 9.80 Å². The van der Waals surface area contributed by atoms with Crippen LogP contribution in [0.2, 0.25) is 0 Å². The highest BCUT2D eigenvalue weighted by atomic mass is 16.5. The average molecular weight is 417 g/mol. The lowest BCUT2D eigenvalue weighted by Gasteiger charge is -2.28. The fourth-order valence-corrected chi connectivity index (χ4v) is 4.24. The summed E-state index contributed by atoms with van der Waals surface area (Å²) in [5, 5.41) is 0. The number of benzene rings is 1. The maximum absolute atomic E-state index is 12.6. The van der Waals surface area contributed by atoms with Gasteiger partial charge in [-0.25, -0.2) is 0 Å². The Balaban J connectivity index is 1.81. The van der Waals surface area contributed by atoms with Crippen LogP contribution in [0, 0.1) is 5.92 Å². The van der Waals surface area contributed by atoms with E-state index in [0.717, 1.165) is 31.1 Å². The van der Waals surface area contributed by atoms with Crippen molar-refractivity contribution in [2.45, 2.75) is 12.5 Å². The third-order valence-corrected chi connectivity index (χ3v) is 5.66. The van der Waals surface area contributed by atoms with Crippen molar-refractivity contribution in [2.24, 2.45) is 5.92 Å². The summed E-state index contributed by atoms with van der Waals surface area (Å²) < 4.78 is 21.5. The summed E-state index contributed by atoms with van der Waals surface area (Å²) in [5.41, 5.74) is 1.18. The molecule has 1 aromatic heterocycles. The number of methoxy groups -OCH3 is 3. The summed E-state index contributed by atoms with van der Waals surface area (Å²) >= 11 is 0. The maximum Gasteiger partial charge on any atom is 0.248 e. The van der Waals surface area contributed by atoms with Crippen LogP contribution in [0.4, 0.5) is 0 Å². The van der Waals surface area contributed by atoms with Gasteiger partial charge < -0.3 is 23.5 Å². The quantitative estimate of drug-likeness (QED) is 0.561. The van der Waals surface area contributed by atoms with Crippen LogP contribution in [0.5, 0.6) is 5.75 Å². The molecule has 0 unspecified atom stereocenters. The molecule has 2 atom stereocenters. The van der Waals surface area contributed by atoms with E-state index in [-0.39, 0.29) is 24.3 Å². The molecule has 1 aliphatic heterocycles. The lowest BCUT2D eigenvalue weighted by molar-refractivity contribution is -0.136. The van der Waals surface area contributed by atoms with Crippen molar-refractivity contribution in [3.05, 3.63) is 54.0 Å². The van der Waals surface area contributed by atoms with E-state index in [1.165, 1.54) is 5.56 Å². The van der Waals surface area contributed by atoms with Crippen LogP contribution in [0.15, 0.2) is 47.1 Å². The molecule has 1 aromatic carbocycles. The van der Waals surface area contributed by atoms with E-state index >= 15 is 0 Å². The summed E-state index contributed by atoms with van der Waals surface area (Å²) in [5.74, 6) is 2.32. The first kappa shape index (κ1) is 22.3. The summed E-state index contributed by atoms with van der Waals surface area (Å²) in [4.78, 5) is 16.9. The van der Waals surface area contributed by atoms with E-state index in [1.807, 2.05) is 35.2 Å². The van der Waals surface area contributed by atoms with Gasteiger partial charge >= 0.3 is 0 Å². The van der Waals surface area contributed by atoms with E-state index in [9.17, 15) is 4.79 Å². The number of ether oxygens (including phenoxy) is 3. The van der Waals surface area contributed by atoms with Gasteiger partial charge in [-0.2, -0.15) is 0 Å². The molecule has 30 heavy (non-hydrogen) atoms. The van der Waals surface area contributed by atoms with Crippen molar-refractivity contribution in [3.8, 4) is 5.75 Å². The number of furan rings is 1. The molecule has 3 rings (SSSR count). The fourth-order valence-electron chi connectivity index (χ4n) is 4.24. The molecule has 0 radical (unpaired) electrons. The number of hydrogen-bond donors (Lipinski definition) is 0. The molecule has 0 N–H and O–H groups in total. The molecule has 1 aliphatic rings. The summed E-state index contributed by atoms with van der Waals surface area (Å²) in [7, 11) is 4.90. The topological polar surface area (TPSA) is 64.4 Å². The molecule has 0 bridgehead atoms. The SMILES string of the molecule is COCCN(C[C@H]1CN(Cc2ccco2)C[C@H]1c1ccccc1OC)C(=O)COC. The molecule has 7 nitrogen and oxygen atoms in total. The third kappa shape index (κ3) is 5.62. The second-order valence-corrected chi connectivity index (χ2v) is 7.65. The molecular formula is C23H32N2O5. The predicted octanol–water partition coefficient (Wildman–Crippen LogP) is 2.63.